The summed E-state index contributed by atoms with van der Waals surface area (Å²) < 4.78 is 10.5. The Morgan fingerprint density at radius 1 is 1.16 bits per heavy atom. The van der Waals surface area contributed by atoms with Crippen molar-refractivity contribution in [1.29, 1.82) is 0 Å². The zero-order valence-corrected chi connectivity index (χ0v) is 11.8. The molecule has 0 aliphatic carbocycles. The van der Waals surface area contributed by atoms with Crippen molar-refractivity contribution in [1.82, 2.24) is 9.88 Å². The Hall–Kier alpha value is -0.970. The minimum absolute atomic E-state index is 0.685. The van der Waals surface area contributed by atoms with Crippen molar-refractivity contribution < 1.29 is 9.47 Å². The van der Waals surface area contributed by atoms with Crippen molar-refractivity contribution in [3.63, 3.8) is 0 Å². The number of piperidine rings is 1. The molecule has 0 bridgehead atoms. The van der Waals surface area contributed by atoms with Crippen LogP contribution in [0, 0.1) is 0 Å². The van der Waals surface area contributed by atoms with E-state index in [1.165, 1.54) is 31.5 Å². The summed E-state index contributed by atoms with van der Waals surface area (Å²) >= 11 is 0. The van der Waals surface area contributed by atoms with E-state index < -0.39 is 0 Å². The van der Waals surface area contributed by atoms with E-state index in [0.717, 1.165) is 13.2 Å². The number of pyridine rings is 1. The maximum absolute atomic E-state index is 5.51. The lowest BCUT2D eigenvalue weighted by atomic mass is 9.90. The summed E-state index contributed by atoms with van der Waals surface area (Å²) in [4.78, 5) is 6.57. The number of likely N-dealkylation sites (tertiary alicyclic amines) is 1. The van der Waals surface area contributed by atoms with Gasteiger partial charge in [-0.25, -0.2) is 0 Å². The molecule has 1 aromatic rings. The van der Waals surface area contributed by atoms with Crippen LogP contribution < -0.4 is 0 Å². The average Bonchev–Trinajstić information content (AvgIpc) is 2.49. The SMILES string of the molecule is COCCOCCN1CCC(c2ccncc2)CC1. The summed E-state index contributed by atoms with van der Waals surface area (Å²) in [5, 5.41) is 0. The lowest BCUT2D eigenvalue weighted by Crippen LogP contribution is -2.35. The Kier molecular flexibility index (Phi) is 6.27. The maximum atomic E-state index is 5.51. The van der Waals surface area contributed by atoms with Gasteiger partial charge in [0, 0.05) is 26.0 Å². The minimum Gasteiger partial charge on any atom is -0.382 e. The molecule has 1 aliphatic heterocycles. The van der Waals surface area contributed by atoms with Crippen LogP contribution in [0.3, 0.4) is 0 Å². The molecule has 0 N–H and O–H groups in total. The molecule has 4 heteroatoms. The van der Waals surface area contributed by atoms with Crippen molar-refractivity contribution in [2.75, 3.05) is 46.6 Å². The molecular formula is C15H24N2O2. The van der Waals surface area contributed by atoms with Gasteiger partial charge in [-0.3, -0.25) is 4.98 Å². The van der Waals surface area contributed by atoms with Gasteiger partial charge in [0.25, 0.3) is 0 Å². The third kappa shape index (κ3) is 4.90. The molecule has 2 heterocycles. The molecule has 0 unspecified atom stereocenters. The van der Waals surface area contributed by atoms with Gasteiger partial charge < -0.3 is 14.4 Å². The second kappa shape index (κ2) is 8.25. The molecule has 1 aromatic heterocycles. The van der Waals surface area contributed by atoms with Crippen LogP contribution in [-0.2, 0) is 9.47 Å². The standard InChI is InChI=1S/C15H24N2O2/c1-18-12-13-19-11-10-17-8-4-15(5-9-17)14-2-6-16-7-3-14/h2-3,6-7,15H,4-5,8-13H2,1H3. The van der Waals surface area contributed by atoms with E-state index in [1.54, 1.807) is 7.11 Å². The van der Waals surface area contributed by atoms with E-state index in [1.807, 2.05) is 12.4 Å². The zero-order chi connectivity index (χ0) is 13.3. The summed E-state index contributed by atoms with van der Waals surface area (Å²) in [6, 6.07) is 4.29. The van der Waals surface area contributed by atoms with Crippen LogP contribution >= 0.6 is 0 Å². The lowest BCUT2D eigenvalue weighted by molar-refractivity contribution is 0.0532. The summed E-state index contributed by atoms with van der Waals surface area (Å²) in [7, 11) is 1.70. The molecular weight excluding hydrogens is 240 g/mol. The van der Waals surface area contributed by atoms with Crippen LogP contribution in [0.15, 0.2) is 24.5 Å². The molecule has 19 heavy (non-hydrogen) atoms. The smallest absolute Gasteiger partial charge is 0.0700 e. The Morgan fingerprint density at radius 3 is 2.58 bits per heavy atom. The first kappa shape index (κ1) is 14.4. The fraction of sp³-hybridized carbons (Fsp3) is 0.667. The van der Waals surface area contributed by atoms with Gasteiger partial charge in [-0.2, -0.15) is 0 Å². The van der Waals surface area contributed by atoms with Crippen molar-refractivity contribution in [3.05, 3.63) is 30.1 Å². The fourth-order valence-electron chi connectivity index (χ4n) is 2.56. The van der Waals surface area contributed by atoms with Crippen molar-refractivity contribution >= 4 is 0 Å². The molecule has 106 valence electrons. The molecule has 0 aromatic carbocycles. The van der Waals surface area contributed by atoms with Crippen LogP contribution in [0.1, 0.15) is 24.3 Å². The summed E-state index contributed by atoms with van der Waals surface area (Å²) in [5.74, 6) is 0.702. The van der Waals surface area contributed by atoms with Crippen molar-refractivity contribution in [2.45, 2.75) is 18.8 Å². The fourth-order valence-corrected chi connectivity index (χ4v) is 2.56. The number of nitrogens with zero attached hydrogens (tertiary/aromatic N) is 2. The monoisotopic (exact) mass is 264 g/mol. The van der Waals surface area contributed by atoms with Crippen LogP contribution in [0.25, 0.3) is 0 Å². The average molecular weight is 264 g/mol. The predicted molar refractivity (Wildman–Crippen MR) is 75.3 cm³/mol. The Labute approximate surface area is 115 Å². The highest BCUT2D eigenvalue weighted by atomic mass is 16.5. The lowest BCUT2D eigenvalue weighted by Gasteiger charge is -2.32. The minimum atomic E-state index is 0.685. The van der Waals surface area contributed by atoms with Gasteiger partial charge in [-0.05, 0) is 49.5 Å². The predicted octanol–water partition coefficient (Wildman–Crippen LogP) is 1.92. The van der Waals surface area contributed by atoms with E-state index in [4.69, 9.17) is 9.47 Å². The number of rotatable bonds is 7. The maximum Gasteiger partial charge on any atom is 0.0700 e. The van der Waals surface area contributed by atoms with Gasteiger partial charge in [0.05, 0.1) is 19.8 Å². The zero-order valence-electron chi connectivity index (χ0n) is 11.8. The molecule has 1 aliphatic rings. The van der Waals surface area contributed by atoms with Gasteiger partial charge >= 0.3 is 0 Å². The quantitative estimate of drug-likeness (QED) is 0.705. The van der Waals surface area contributed by atoms with E-state index in [2.05, 4.69) is 22.0 Å². The normalized spacial score (nSPS) is 17.7. The molecule has 1 fully saturated rings. The highest BCUT2D eigenvalue weighted by molar-refractivity contribution is 5.16. The molecule has 2 rings (SSSR count). The molecule has 1 saturated heterocycles. The number of hydrogen-bond donors (Lipinski definition) is 0. The second-order valence-electron chi connectivity index (χ2n) is 5.00. The van der Waals surface area contributed by atoms with E-state index in [0.29, 0.717) is 19.1 Å². The van der Waals surface area contributed by atoms with Crippen LogP contribution in [0.4, 0.5) is 0 Å². The molecule has 0 atom stereocenters. The summed E-state index contributed by atoms with van der Waals surface area (Å²) in [6.45, 7) is 5.56. The van der Waals surface area contributed by atoms with Gasteiger partial charge in [-0.1, -0.05) is 0 Å². The van der Waals surface area contributed by atoms with Gasteiger partial charge in [0.15, 0.2) is 0 Å². The first-order valence-electron chi connectivity index (χ1n) is 7.09. The van der Waals surface area contributed by atoms with Gasteiger partial charge in [0.1, 0.15) is 0 Å². The molecule has 0 saturated carbocycles. The third-order valence-electron chi connectivity index (χ3n) is 3.75. The summed E-state index contributed by atoms with van der Waals surface area (Å²) in [5.41, 5.74) is 1.44. The third-order valence-corrected chi connectivity index (χ3v) is 3.75. The molecule has 0 amide bonds. The van der Waals surface area contributed by atoms with Crippen LogP contribution in [-0.4, -0.2) is 56.4 Å². The Morgan fingerprint density at radius 2 is 1.89 bits per heavy atom. The summed E-state index contributed by atoms with van der Waals surface area (Å²) in [6.07, 6.45) is 6.26. The highest BCUT2D eigenvalue weighted by Gasteiger charge is 2.19. The Bertz CT molecular complexity index is 337. The molecule has 0 radical (unpaired) electrons. The van der Waals surface area contributed by atoms with Crippen molar-refractivity contribution in [2.24, 2.45) is 0 Å². The van der Waals surface area contributed by atoms with Crippen molar-refractivity contribution in [3.8, 4) is 0 Å². The first-order chi connectivity index (χ1) is 9.40. The Balaban J connectivity index is 1.63. The van der Waals surface area contributed by atoms with Crippen LogP contribution in [0.5, 0.6) is 0 Å². The number of hydrogen-bond acceptors (Lipinski definition) is 4. The topological polar surface area (TPSA) is 34.6 Å². The first-order valence-corrected chi connectivity index (χ1v) is 7.09. The van der Waals surface area contributed by atoms with E-state index in [9.17, 15) is 0 Å². The highest BCUT2D eigenvalue weighted by Crippen LogP contribution is 2.27. The molecule has 0 spiro atoms. The van der Waals surface area contributed by atoms with Crippen LogP contribution in [0.2, 0.25) is 0 Å². The number of methoxy groups -OCH3 is 1. The number of ether oxygens (including phenoxy) is 2. The second-order valence-corrected chi connectivity index (χ2v) is 5.00. The van der Waals surface area contributed by atoms with Gasteiger partial charge in [0.2, 0.25) is 0 Å². The van der Waals surface area contributed by atoms with Gasteiger partial charge in [-0.15, -0.1) is 0 Å². The number of aromatic nitrogens is 1. The largest absolute Gasteiger partial charge is 0.382 e. The van der Waals surface area contributed by atoms with E-state index in [-0.39, 0.29) is 0 Å². The van der Waals surface area contributed by atoms with E-state index >= 15 is 0 Å². The molecule has 4 nitrogen and oxygen atoms in total.